The first-order valence-electron chi connectivity index (χ1n) is 6.00. The molecule has 0 N–H and O–H groups in total. The smallest absolute Gasteiger partial charge is 0.309 e. The molecule has 0 unspecified atom stereocenters. The summed E-state index contributed by atoms with van der Waals surface area (Å²) < 4.78 is 5.29. The van der Waals surface area contributed by atoms with Crippen molar-refractivity contribution < 1.29 is 9.53 Å². The predicted octanol–water partition coefficient (Wildman–Crippen LogP) is 3.17. The molecule has 0 heterocycles. The minimum atomic E-state index is -0.0199. The van der Waals surface area contributed by atoms with Crippen LogP contribution in [0.15, 0.2) is 30.3 Å². The Labute approximate surface area is 96.6 Å². The average molecular weight is 218 g/mol. The van der Waals surface area contributed by atoms with Crippen molar-refractivity contribution in [3.05, 3.63) is 35.9 Å². The maximum absolute atomic E-state index is 11.6. The summed E-state index contributed by atoms with van der Waals surface area (Å²) in [7, 11) is 0. The molecule has 1 aliphatic rings. The van der Waals surface area contributed by atoms with E-state index in [9.17, 15) is 4.79 Å². The van der Waals surface area contributed by atoms with Crippen molar-refractivity contribution in [1.29, 1.82) is 0 Å². The molecule has 0 spiro atoms. The third kappa shape index (κ3) is 2.63. The summed E-state index contributed by atoms with van der Waals surface area (Å²) in [5, 5.41) is 0. The van der Waals surface area contributed by atoms with Crippen LogP contribution in [0.5, 0.6) is 0 Å². The standard InChI is InChI=1S/C14H18O2/c1-2-11-8-13(9-11)14(15)16-10-12-6-4-3-5-7-12/h3-7,11,13H,2,8-10H2,1H3. The van der Waals surface area contributed by atoms with E-state index in [-0.39, 0.29) is 11.9 Å². The number of hydrogen-bond acceptors (Lipinski definition) is 2. The van der Waals surface area contributed by atoms with Gasteiger partial charge in [-0.25, -0.2) is 0 Å². The highest BCUT2D eigenvalue weighted by molar-refractivity contribution is 5.73. The molecule has 0 saturated heterocycles. The van der Waals surface area contributed by atoms with Crippen LogP contribution in [-0.4, -0.2) is 5.97 Å². The lowest BCUT2D eigenvalue weighted by Gasteiger charge is -2.32. The highest BCUT2D eigenvalue weighted by Crippen LogP contribution is 2.36. The quantitative estimate of drug-likeness (QED) is 0.725. The van der Waals surface area contributed by atoms with Gasteiger partial charge in [0.1, 0.15) is 6.61 Å². The summed E-state index contributed by atoms with van der Waals surface area (Å²) in [6.45, 7) is 2.59. The van der Waals surface area contributed by atoms with Crippen molar-refractivity contribution in [2.45, 2.75) is 32.8 Å². The molecule has 86 valence electrons. The van der Waals surface area contributed by atoms with Crippen LogP contribution in [0.3, 0.4) is 0 Å². The van der Waals surface area contributed by atoms with Gasteiger partial charge in [0.25, 0.3) is 0 Å². The van der Waals surface area contributed by atoms with Gasteiger partial charge in [-0.15, -0.1) is 0 Å². The van der Waals surface area contributed by atoms with Crippen molar-refractivity contribution in [2.75, 3.05) is 0 Å². The largest absolute Gasteiger partial charge is 0.461 e. The first-order chi connectivity index (χ1) is 7.79. The number of ether oxygens (including phenoxy) is 1. The number of esters is 1. The first-order valence-corrected chi connectivity index (χ1v) is 6.00. The maximum atomic E-state index is 11.6. The summed E-state index contributed by atoms with van der Waals surface area (Å²) >= 11 is 0. The summed E-state index contributed by atoms with van der Waals surface area (Å²) in [6, 6.07) is 9.83. The highest BCUT2D eigenvalue weighted by atomic mass is 16.5. The minimum absolute atomic E-state index is 0.0199. The molecule has 1 aromatic carbocycles. The topological polar surface area (TPSA) is 26.3 Å². The molecule has 0 radical (unpaired) electrons. The number of benzene rings is 1. The summed E-state index contributed by atoms with van der Waals surface area (Å²) in [5.41, 5.74) is 1.06. The van der Waals surface area contributed by atoms with Gasteiger partial charge >= 0.3 is 5.97 Å². The fourth-order valence-electron chi connectivity index (χ4n) is 2.11. The molecular formula is C14H18O2. The van der Waals surface area contributed by atoms with Gasteiger partial charge in [0, 0.05) is 0 Å². The highest BCUT2D eigenvalue weighted by Gasteiger charge is 2.34. The van der Waals surface area contributed by atoms with E-state index in [4.69, 9.17) is 4.74 Å². The summed E-state index contributed by atoms with van der Waals surface area (Å²) in [6.07, 6.45) is 3.22. The third-order valence-corrected chi connectivity index (χ3v) is 3.37. The van der Waals surface area contributed by atoms with Gasteiger partial charge in [0.05, 0.1) is 5.92 Å². The molecule has 0 bridgehead atoms. The van der Waals surface area contributed by atoms with Gasteiger partial charge in [-0.2, -0.15) is 0 Å². The zero-order valence-electron chi connectivity index (χ0n) is 9.69. The number of carbonyl (C=O) groups is 1. The molecular weight excluding hydrogens is 200 g/mol. The zero-order valence-corrected chi connectivity index (χ0v) is 9.69. The molecule has 2 rings (SSSR count). The van der Waals surface area contributed by atoms with Gasteiger partial charge in [-0.05, 0) is 24.3 Å². The molecule has 1 fully saturated rings. The van der Waals surface area contributed by atoms with E-state index < -0.39 is 0 Å². The van der Waals surface area contributed by atoms with Crippen molar-refractivity contribution in [2.24, 2.45) is 11.8 Å². The lowest BCUT2D eigenvalue weighted by Crippen LogP contribution is -2.31. The van der Waals surface area contributed by atoms with Gasteiger partial charge < -0.3 is 4.74 Å². The van der Waals surface area contributed by atoms with Crippen LogP contribution in [-0.2, 0) is 16.1 Å². The number of hydrogen-bond donors (Lipinski definition) is 0. The molecule has 1 saturated carbocycles. The zero-order chi connectivity index (χ0) is 11.4. The van der Waals surface area contributed by atoms with Crippen LogP contribution >= 0.6 is 0 Å². The minimum Gasteiger partial charge on any atom is -0.461 e. The monoisotopic (exact) mass is 218 g/mol. The molecule has 0 atom stereocenters. The van der Waals surface area contributed by atoms with E-state index in [1.165, 1.54) is 6.42 Å². The second-order valence-corrected chi connectivity index (χ2v) is 4.54. The van der Waals surface area contributed by atoms with Gasteiger partial charge in [0.15, 0.2) is 0 Å². The fourth-order valence-corrected chi connectivity index (χ4v) is 2.11. The fraction of sp³-hybridized carbons (Fsp3) is 0.500. The number of carbonyl (C=O) groups excluding carboxylic acids is 1. The molecule has 0 aromatic heterocycles. The Kier molecular flexibility index (Phi) is 3.60. The van der Waals surface area contributed by atoms with E-state index in [1.807, 2.05) is 30.3 Å². The third-order valence-electron chi connectivity index (χ3n) is 3.37. The second kappa shape index (κ2) is 5.15. The predicted molar refractivity (Wildman–Crippen MR) is 62.7 cm³/mol. The van der Waals surface area contributed by atoms with Crippen LogP contribution in [0, 0.1) is 11.8 Å². The Bertz CT molecular complexity index is 339. The van der Waals surface area contributed by atoms with Gasteiger partial charge in [0.2, 0.25) is 0 Å². The van der Waals surface area contributed by atoms with E-state index in [0.717, 1.165) is 24.3 Å². The van der Waals surface area contributed by atoms with E-state index >= 15 is 0 Å². The van der Waals surface area contributed by atoms with Crippen LogP contribution in [0.2, 0.25) is 0 Å². The Morgan fingerprint density at radius 3 is 2.62 bits per heavy atom. The van der Waals surface area contributed by atoms with Crippen molar-refractivity contribution >= 4 is 5.97 Å². The summed E-state index contributed by atoms with van der Waals surface area (Å²) in [4.78, 5) is 11.6. The number of rotatable bonds is 4. The first kappa shape index (κ1) is 11.2. The van der Waals surface area contributed by atoms with Crippen molar-refractivity contribution in [1.82, 2.24) is 0 Å². The molecule has 1 aromatic rings. The Morgan fingerprint density at radius 2 is 2.00 bits per heavy atom. The van der Waals surface area contributed by atoms with Gasteiger partial charge in [-0.1, -0.05) is 43.7 Å². The molecule has 16 heavy (non-hydrogen) atoms. The Balaban J connectivity index is 1.73. The van der Waals surface area contributed by atoms with Crippen molar-refractivity contribution in [3.8, 4) is 0 Å². The van der Waals surface area contributed by atoms with Gasteiger partial charge in [-0.3, -0.25) is 4.79 Å². The van der Waals surface area contributed by atoms with Crippen LogP contribution in [0.4, 0.5) is 0 Å². The molecule has 2 nitrogen and oxygen atoms in total. The molecule has 0 aliphatic heterocycles. The van der Waals surface area contributed by atoms with E-state index in [1.54, 1.807) is 0 Å². The van der Waals surface area contributed by atoms with Crippen LogP contribution in [0.25, 0.3) is 0 Å². The second-order valence-electron chi connectivity index (χ2n) is 4.54. The molecule has 1 aliphatic carbocycles. The lowest BCUT2D eigenvalue weighted by molar-refractivity contribution is -0.154. The molecule has 2 heteroatoms. The average Bonchev–Trinajstić information content (AvgIpc) is 2.26. The van der Waals surface area contributed by atoms with E-state index in [0.29, 0.717) is 6.61 Å². The van der Waals surface area contributed by atoms with E-state index in [2.05, 4.69) is 6.92 Å². The molecule has 0 amide bonds. The maximum Gasteiger partial charge on any atom is 0.309 e. The Morgan fingerprint density at radius 1 is 1.31 bits per heavy atom. The Hall–Kier alpha value is -1.31. The van der Waals surface area contributed by atoms with Crippen LogP contribution < -0.4 is 0 Å². The summed E-state index contributed by atoms with van der Waals surface area (Å²) in [5.74, 6) is 0.886. The SMILES string of the molecule is CCC1CC(C(=O)OCc2ccccc2)C1. The van der Waals surface area contributed by atoms with Crippen molar-refractivity contribution in [3.63, 3.8) is 0 Å². The normalized spacial score (nSPS) is 23.6. The van der Waals surface area contributed by atoms with Crippen LogP contribution in [0.1, 0.15) is 31.7 Å². The lowest BCUT2D eigenvalue weighted by atomic mass is 9.74.